The van der Waals surface area contributed by atoms with E-state index in [2.05, 4.69) is 5.32 Å². The highest BCUT2D eigenvalue weighted by Gasteiger charge is 2.25. The Labute approximate surface area is 114 Å². The van der Waals surface area contributed by atoms with Crippen molar-refractivity contribution >= 4 is 5.97 Å². The predicted molar refractivity (Wildman–Crippen MR) is 75.0 cm³/mol. The minimum atomic E-state index is -0.514. The van der Waals surface area contributed by atoms with Gasteiger partial charge in [-0.25, -0.2) is 4.79 Å². The zero-order valence-electron chi connectivity index (χ0n) is 12.1. The monoisotopic (exact) mass is 265 g/mol. The molecule has 0 bridgehead atoms. The zero-order valence-corrected chi connectivity index (χ0v) is 12.1. The van der Waals surface area contributed by atoms with Gasteiger partial charge in [-0.15, -0.1) is 0 Å². The van der Waals surface area contributed by atoms with Gasteiger partial charge in [0.15, 0.2) is 0 Å². The molecule has 0 amide bonds. The number of ether oxygens (including phenoxy) is 1. The molecule has 0 radical (unpaired) electrons. The van der Waals surface area contributed by atoms with Gasteiger partial charge < -0.3 is 15.2 Å². The highest BCUT2D eigenvalue weighted by Crippen LogP contribution is 2.20. The Hall–Kier alpha value is -1.55. The van der Waals surface area contributed by atoms with E-state index in [4.69, 9.17) is 4.74 Å². The van der Waals surface area contributed by atoms with Crippen molar-refractivity contribution in [2.45, 2.75) is 45.8 Å². The Morgan fingerprint density at radius 2 is 1.89 bits per heavy atom. The van der Waals surface area contributed by atoms with Gasteiger partial charge in [0.25, 0.3) is 0 Å². The van der Waals surface area contributed by atoms with Gasteiger partial charge in [-0.1, -0.05) is 19.1 Å². The number of phenolic OH excluding ortho intramolecular Hbond substituents is 1. The van der Waals surface area contributed by atoms with Crippen molar-refractivity contribution in [1.29, 1.82) is 0 Å². The zero-order chi connectivity index (χ0) is 14.5. The Bertz CT molecular complexity index is 406. The van der Waals surface area contributed by atoms with Crippen LogP contribution in [0.3, 0.4) is 0 Å². The van der Waals surface area contributed by atoms with Gasteiger partial charge in [-0.2, -0.15) is 0 Å². The second-order valence-corrected chi connectivity index (χ2v) is 5.51. The number of carbonyl (C=O) groups excluding carboxylic acids is 1. The fourth-order valence-electron chi connectivity index (χ4n) is 1.65. The van der Waals surface area contributed by atoms with E-state index >= 15 is 0 Å². The van der Waals surface area contributed by atoms with E-state index in [9.17, 15) is 9.90 Å². The van der Waals surface area contributed by atoms with Crippen LogP contribution in [0.2, 0.25) is 0 Å². The molecule has 1 aromatic rings. The normalized spacial score (nSPS) is 13.1. The van der Waals surface area contributed by atoms with E-state index in [0.717, 1.165) is 18.5 Å². The van der Waals surface area contributed by atoms with Gasteiger partial charge in [-0.3, -0.25) is 0 Å². The van der Waals surface area contributed by atoms with E-state index in [1.165, 1.54) is 0 Å². The van der Waals surface area contributed by atoms with Crippen molar-refractivity contribution in [1.82, 2.24) is 5.32 Å². The molecule has 0 saturated heterocycles. The van der Waals surface area contributed by atoms with Crippen molar-refractivity contribution in [3.05, 3.63) is 29.8 Å². The third kappa shape index (κ3) is 5.30. The van der Waals surface area contributed by atoms with Crippen LogP contribution in [-0.2, 0) is 9.53 Å². The van der Waals surface area contributed by atoms with Gasteiger partial charge >= 0.3 is 5.97 Å². The Kier molecular flexibility index (Phi) is 5.36. The van der Waals surface area contributed by atoms with Crippen LogP contribution in [0.15, 0.2) is 24.3 Å². The van der Waals surface area contributed by atoms with Crippen LogP contribution in [-0.4, -0.2) is 23.2 Å². The molecular weight excluding hydrogens is 242 g/mol. The summed E-state index contributed by atoms with van der Waals surface area (Å²) in [5.41, 5.74) is 0.278. The molecule has 0 aliphatic heterocycles. The number of aromatic hydroxyl groups is 1. The molecule has 106 valence electrons. The van der Waals surface area contributed by atoms with Gasteiger partial charge in [0.1, 0.15) is 17.4 Å². The first-order chi connectivity index (χ1) is 8.83. The van der Waals surface area contributed by atoms with Crippen LogP contribution in [0.5, 0.6) is 5.75 Å². The maximum absolute atomic E-state index is 12.2. The second-order valence-electron chi connectivity index (χ2n) is 5.51. The lowest BCUT2D eigenvalue weighted by Gasteiger charge is -2.24. The summed E-state index contributed by atoms with van der Waals surface area (Å²) >= 11 is 0. The van der Waals surface area contributed by atoms with E-state index in [1.807, 2.05) is 27.7 Å². The number of benzene rings is 1. The van der Waals surface area contributed by atoms with Gasteiger partial charge in [-0.05, 0) is 51.4 Å². The summed E-state index contributed by atoms with van der Waals surface area (Å²) in [7, 11) is 0. The predicted octanol–water partition coefficient (Wildman–Crippen LogP) is 2.77. The summed E-state index contributed by atoms with van der Waals surface area (Å²) in [4.78, 5) is 12.2. The fraction of sp³-hybridized carbons (Fsp3) is 0.533. The number of rotatable bonds is 5. The highest BCUT2D eigenvalue weighted by molar-refractivity contribution is 5.78. The van der Waals surface area contributed by atoms with Gasteiger partial charge in [0.2, 0.25) is 0 Å². The van der Waals surface area contributed by atoms with Crippen molar-refractivity contribution in [3.63, 3.8) is 0 Å². The molecule has 0 saturated carbocycles. The van der Waals surface area contributed by atoms with Crippen molar-refractivity contribution < 1.29 is 14.6 Å². The van der Waals surface area contributed by atoms with Crippen LogP contribution in [0.1, 0.15) is 45.7 Å². The lowest BCUT2D eigenvalue weighted by atomic mass is 10.1. The van der Waals surface area contributed by atoms with E-state index < -0.39 is 11.6 Å². The molecule has 0 aliphatic rings. The van der Waals surface area contributed by atoms with Crippen LogP contribution < -0.4 is 5.32 Å². The maximum atomic E-state index is 12.2. The largest absolute Gasteiger partial charge is 0.508 e. The molecule has 4 nitrogen and oxygen atoms in total. The van der Waals surface area contributed by atoms with Crippen molar-refractivity contribution in [3.8, 4) is 5.75 Å². The lowest BCUT2D eigenvalue weighted by Crippen LogP contribution is -2.35. The summed E-state index contributed by atoms with van der Waals surface area (Å²) in [5.74, 6) is -0.117. The highest BCUT2D eigenvalue weighted by atomic mass is 16.6. The van der Waals surface area contributed by atoms with E-state index in [0.29, 0.717) is 0 Å². The topological polar surface area (TPSA) is 58.6 Å². The van der Waals surface area contributed by atoms with Gasteiger partial charge in [0.05, 0.1) is 0 Å². The number of phenols is 1. The summed E-state index contributed by atoms with van der Waals surface area (Å²) in [6.45, 7) is 8.30. The SMILES string of the molecule is CCCNC(C(=O)OC(C)(C)C)c1ccc(O)cc1. The average Bonchev–Trinajstić information content (AvgIpc) is 2.29. The molecule has 0 aliphatic carbocycles. The number of esters is 1. The first-order valence-corrected chi connectivity index (χ1v) is 6.58. The van der Waals surface area contributed by atoms with Gasteiger partial charge in [0, 0.05) is 0 Å². The minimum Gasteiger partial charge on any atom is -0.508 e. The molecule has 19 heavy (non-hydrogen) atoms. The molecule has 1 aromatic carbocycles. The molecular formula is C15H23NO3. The van der Waals surface area contributed by atoms with Crippen LogP contribution in [0.25, 0.3) is 0 Å². The third-order valence-electron chi connectivity index (χ3n) is 2.47. The lowest BCUT2D eigenvalue weighted by molar-refractivity contribution is -0.157. The Balaban J connectivity index is 2.87. The molecule has 2 N–H and O–H groups in total. The Morgan fingerprint density at radius 1 is 1.32 bits per heavy atom. The standard InChI is InChI=1S/C15H23NO3/c1-5-10-16-13(14(18)19-15(2,3)4)11-6-8-12(17)9-7-11/h6-9,13,16-17H,5,10H2,1-4H3. The first-order valence-electron chi connectivity index (χ1n) is 6.58. The quantitative estimate of drug-likeness (QED) is 0.804. The smallest absolute Gasteiger partial charge is 0.328 e. The van der Waals surface area contributed by atoms with Crippen LogP contribution in [0.4, 0.5) is 0 Å². The van der Waals surface area contributed by atoms with E-state index in [1.54, 1.807) is 24.3 Å². The summed E-state index contributed by atoms with van der Waals surface area (Å²) in [6, 6.07) is 6.10. The minimum absolute atomic E-state index is 0.183. The molecule has 1 atom stereocenters. The van der Waals surface area contributed by atoms with Crippen molar-refractivity contribution in [2.24, 2.45) is 0 Å². The third-order valence-corrected chi connectivity index (χ3v) is 2.47. The van der Waals surface area contributed by atoms with Crippen LogP contribution >= 0.6 is 0 Å². The molecule has 0 fully saturated rings. The number of nitrogens with one attached hydrogen (secondary N) is 1. The molecule has 1 unspecified atom stereocenters. The Morgan fingerprint density at radius 3 is 2.37 bits per heavy atom. The van der Waals surface area contributed by atoms with Crippen LogP contribution in [0, 0.1) is 0 Å². The second kappa shape index (κ2) is 6.57. The van der Waals surface area contributed by atoms with Crippen molar-refractivity contribution in [2.75, 3.05) is 6.54 Å². The first kappa shape index (κ1) is 15.5. The number of hydrogen-bond donors (Lipinski definition) is 2. The maximum Gasteiger partial charge on any atom is 0.328 e. The molecule has 0 heterocycles. The summed E-state index contributed by atoms with van der Waals surface area (Å²) in [5, 5.41) is 12.5. The summed E-state index contributed by atoms with van der Waals surface area (Å²) in [6.07, 6.45) is 0.928. The fourth-order valence-corrected chi connectivity index (χ4v) is 1.65. The summed E-state index contributed by atoms with van der Waals surface area (Å²) < 4.78 is 5.42. The molecule has 1 rings (SSSR count). The average molecular weight is 265 g/mol. The number of carbonyl (C=O) groups is 1. The number of hydrogen-bond acceptors (Lipinski definition) is 4. The molecule has 4 heteroatoms. The molecule has 0 aromatic heterocycles. The van der Waals surface area contributed by atoms with E-state index in [-0.39, 0.29) is 11.7 Å². The molecule has 0 spiro atoms.